The normalized spacial score (nSPS) is 45.8. The fourth-order valence-electron chi connectivity index (χ4n) is 9.24. The Labute approximate surface area is 274 Å². The summed E-state index contributed by atoms with van der Waals surface area (Å²) in [7, 11) is 0. The predicted molar refractivity (Wildman–Crippen MR) is 169 cm³/mol. The van der Waals surface area contributed by atoms with Gasteiger partial charge in [0.25, 0.3) is 0 Å². The molecule has 3 heterocycles. The molecule has 1 aromatic rings. The molecule has 0 radical (unpaired) electrons. The van der Waals surface area contributed by atoms with Crippen LogP contribution in [0, 0.1) is 17.8 Å². The van der Waals surface area contributed by atoms with Crippen molar-refractivity contribution >= 4 is 11.8 Å². The van der Waals surface area contributed by atoms with Crippen LogP contribution in [0.1, 0.15) is 63.7 Å². The zero-order chi connectivity index (χ0) is 33.6. The lowest BCUT2D eigenvalue weighted by atomic mass is 9.53. The summed E-state index contributed by atoms with van der Waals surface area (Å²) in [6.07, 6.45) is 8.51. The van der Waals surface area contributed by atoms with E-state index >= 15 is 0 Å². The van der Waals surface area contributed by atoms with Crippen LogP contribution in [0.3, 0.4) is 0 Å². The molecule has 3 N–H and O–H groups in total. The van der Waals surface area contributed by atoms with E-state index < -0.39 is 88.9 Å². The predicted octanol–water partition coefficient (Wildman–Crippen LogP) is 3.70. The Morgan fingerprint density at radius 2 is 1.85 bits per heavy atom. The quantitative estimate of drug-likeness (QED) is 0.113. The molecule has 1 aromatic carbocycles. The molecule has 47 heavy (non-hydrogen) atoms. The largest absolute Gasteiger partial charge is 0.455 e. The van der Waals surface area contributed by atoms with Crippen LogP contribution in [0.2, 0.25) is 0 Å². The van der Waals surface area contributed by atoms with Crippen LogP contribution in [0.25, 0.3) is 0 Å². The minimum absolute atomic E-state index is 0.238. The zero-order valence-corrected chi connectivity index (χ0v) is 27.3. The second-order valence-electron chi connectivity index (χ2n) is 14.1. The second kappa shape index (κ2) is 11.0. The van der Waals surface area contributed by atoms with Gasteiger partial charge in [0.1, 0.15) is 30.0 Å². The monoisotopic (exact) mass is 648 g/mol. The molecule has 3 aliphatic carbocycles. The Morgan fingerprint density at radius 1 is 1.11 bits per heavy atom. The van der Waals surface area contributed by atoms with Gasteiger partial charge in [0.15, 0.2) is 17.0 Å². The summed E-state index contributed by atoms with van der Waals surface area (Å²) >= 11 is 0. The third-order valence-corrected chi connectivity index (χ3v) is 11.5. The summed E-state index contributed by atoms with van der Waals surface area (Å²) in [5, 5.41) is 34.9. The standard InChI is InChI=1S/C37H44O10/c1-6-7-8-9-10-11-15-18-34-45-30-26-29-33(20-38,44-29)32(41)35(42)25(19-22(4)27(35)39)37(26,47-34)23(5)28(36(30,46-34)21(2)3)43-31(40)24-16-13-12-14-17-24/h10-19,23,25-26,28-30,32,38,41-42H,2,6-9,20H2,1,3-5H3/b11-10+,18-15+/t23-,25-,26+,28-,29+,30-,32-,33+,34?,35-,36-,37+/m1/s1. The lowest BCUT2D eigenvalue weighted by Crippen LogP contribution is -2.76. The molecule has 3 bridgehead atoms. The van der Waals surface area contributed by atoms with Crippen molar-refractivity contribution in [3.63, 3.8) is 0 Å². The number of Topliss-reactive ketones (excluding diaryl/α,β-unsaturated/α-hetero) is 1. The zero-order valence-electron chi connectivity index (χ0n) is 27.3. The van der Waals surface area contributed by atoms with E-state index in [0.29, 0.717) is 11.1 Å². The molecule has 10 nitrogen and oxygen atoms in total. The molecule has 1 unspecified atom stereocenters. The average molecular weight is 649 g/mol. The average Bonchev–Trinajstić information content (AvgIpc) is 3.69. The first-order valence-corrected chi connectivity index (χ1v) is 16.7. The maximum atomic E-state index is 13.8. The molecule has 6 aliphatic rings. The van der Waals surface area contributed by atoms with Crippen molar-refractivity contribution in [2.24, 2.45) is 17.8 Å². The number of carbonyl (C=O) groups is 2. The molecule has 3 aliphatic heterocycles. The van der Waals surface area contributed by atoms with Crippen LogP contribution in [-0.2, 0) is 28.5 Å². The number of hydrogen-bond acceptors (Lipinski definition) is 10. The van der Waals surface area contributed by atoms with Crippen molar-refractivity contribution < 1.29 is 48.6 Å². The van der Waals surface area contributed by atoms with Gasteiger partial charge in [0.05, 0.1) is 17.8 Å². The molecule has 12 atom stereocenters. The van der Waals surface area contributed by atoms with Gasteiger partial charge in [0, 0.05) is 23.8 Å². The number of epoxide rings is 1. The van der Waals surface area contributed by atoms with Crippen molar-refractivity contribution in [2.75, 3.05) is 6.61 Å². The van der Waals surface area contributed by atoms with E-state index in [4.69, 9.17) is 23.7 Å². The molecule has 252 valence electrons. The minimum atomic E-state index is -2.41. The van der Waals surface area contributed by atoms with E-state index in [-0.39, 0.29) is 5.57 Å². The Balaban J connectivity index is 1.41. The first-order valence-electron chi connectivity index (χ1n) is 16.7. The first-order chi connectivity index (χ1) is 22.4. The summed E-state index contributed by atoms with van der Waals surface area (Å²) in [6.45, 7) is 11.0. The van der Waals surface area contributed by atoms with E-state index in [1.165, 1.54) is 0 Å². The lowest BCUT2D eigenvalue weighted by molar-refractivity contribution is -0.407. The number of carbonyl (C=O) groups excluding carboxylic acids is 2. The number of fused-ring (bicyclic) bond motifs is 3. The summed E-state index contributed by atoms with van der Waals surface area (Å²) in [5.74, 6) is -5.81. The summed E-state index contributed by atoms with van der Waals surface area (Å²) < 4.78 is 33.2. The number of aliphatic hydroxyl groups is 3. The highest BCUT2D eigenvalue weighted by Crippen LogP contribution is 2.73. The smallest absolute Gasteiger partial charge is 0.338 e. The molecule has 0 amide bonds. The Morgan fingerprint density at radius 3 is 2.53 bits per heavy atom. The van der Waals surface area contributed by atoms with Gasteiger partial charge in [-0.05, 0) is 50.0 Å². The molecule has 0 spiro atoms. The van der Waals surface area contributed by atoms with Gasteiger partial charge in [-0.25, -0.2) is 4.79 Å². The van der Waals surface area contributed by atoms with Gasteiger partial charge < -0.3 is 39.0 Å². The maximum absolute atomic E-state index is 13.8. The van der Waals surface area contributed by atoms with E-state index in [1.54, 1.807) is 62.4 Å². The fraction of sp³-hybridized carbons (Fsp3) is 0.568. The van der Waals surface area contributed by atoms with Crippen molar-refractivity contribution in [1.29, 1.82) is 0 Å². The highest BCUT2D eigenvalue weighted by Gasteiger charge is 2.90. The number of hydrogen-bond donors (Lipinski definition) is 3. The van der Waals surface area contributed by atoms with Crippen LogP contribution in [0.15, 0.2) is 78.4 Å². The number of ether oxygens (including phenoxy) is 5. The van der Waals surface area contributed by atoms with Crippen LogP contribution >= 0.6 is 0 Å². The number of rotatable bonds is 10. The van der Waals surface area contributed by atoms with Crippen LogP contribution < -0.4 is 0 Å². The third-order valence-electron chi connectivity index (χ3n) is 11.5. The summed E-state index contributed by atoms with van der Waals surface area (Å²) in [4.78, 5) is 27.6. The number of unbranched alkanes of at least 4 members (excludes halogenated alkanes) is 3. The van der Waals surface area contributed by atoms with Gasteiger partial charge in [-0.15, -0.1) is 0 Å². The van der Waals surface area contributed by atoms with Crippen molar-refractivity contribution in [3.8, 4) is 0 Å². The van der Waals surface area contributed by atoms with E-state index in [2.05, 4.69) is 13.5 Å². The molecule has 7 rings (SSSR count). The minimum Gasteiger partial charge on any atom is -0.455 e. The number of benzene rings is 1. The molecule has 0 aromatic heterocycles. The maximum Gasteiger partial charge on any atom is 0.338 e. The Kier molecular flexibility index (Phi) is 7.65. The molecule has 2 saturated carbocycles. The molecule has 10 heteroatoms. The van der Waals surface area contributed by atoms with E-state index in [9.17, 15) is 24.9 Å². The molecule has 3 saturated heterocycles. The molecule has 5 fully saturated rings. The van der Waals surface area contributed by atoms with Crippen molar-refractivity contribution in [3.05, 3.63) is 84.0 Å². The second-order valence-corrected chi connectivity index (χ2v) is 14.1. The Bertz CT molecular complexity index is 1570. The van der Waals surface area contributed by atoms with Gasteiger partial charge in [-0.1, -0.05) is 75.8 Å². The Hall–Kier alpha value is -2.96. The van der Waals surface area contributed by atoms with Crippen molar-refractivity contribution in [1.82, 2.24) is 0 Å². The highest BCUT2D eigenvalue weighted by atomic mass is 16.9. The van der Waals surface area contributed by atoms with E-state index in [1.807, 2.05) is 19.1 Å². The van der Waals surface area contributed by atoms with Gasteiger partial charge in [0.2, 0.25) is 0 Å². The van der Waals surface area contributed by atoms with Crippen LogP contribution in [0.5, 0.6) is 0 Å². The van der Waals surface area contributed by atoms with Crippen molar-refractivity contribution in [2.45, 2.75) is 106 Å². The fourth-order valence-corrected chi connectivity index (χ4v) is 9.24. The summed E-state index contributed by atoms with van der Waals surface area (Å²) in [6, 6.07) is 8.57. The molecular formula is C37H44O10. The number of ketones is 1. The van der Waals surface area contributed by atoms with E-state index in [0.717, 1.165) is 25.7 Å². The highest BCUT2D eigenvalue weighted by molar-refractivity contribution is 6.05. The number of esters is 1. The lowest BCUT2D eigenvalue weighted by Gasteiger charge is -2.61. The first kappa shape index (κ1) is 32.6. The SMILES string of the molecule is C=C(C)[C@]12OC3(/C=C/C=C/CCCCC)O[C@@H]1[C@@H]1[C@@H]4O[C@]4(CO)[C@@H](O)[C@]4(O)C(=O)C(C)=C[C@H]4[C@@]1(O3)[C@H](C)[C@H]2OC(=O)c1ccccc1. The van der Waals surface area contributed by atoms with Crippen LogP contribution in [-0.4, -0.2) is 86.5 Å². The van der Waals surface area contributed by atoms with Gasteiger partial charge in [-0.2, -0.15) is 0 Å². The summed E-state index contributed by atoms with van der Waals surface area (Å²) in [5.41, 5.74) is -6.01. The molecular weight excluding hydrogens is 604 g/mol. The van der Waals surface area contributed by atoms with Gasteiger partial charge in [-0.3, -0.25) is 4.79 Å². The van der Waals surface area contributed by atoms with Gasteiger partial charge >= 0.3 is 11.9 Å². The third kappa shape index (κ3) is 4.16. The topological polar surface area (TPSA) is 144 Å². The van der Waals surface area contributed by atoms with Crippen LogP contribution in [0.4, 0.5) is 0 Å². The number of aliphatic hydroxyl groups excluding tert-OH is 2. The number of allylic oxidation sites excluding steroid dienone is 3.